The van der Waals surface area contributed by atoms with Crippen molar-refractivity contribution >= 4 is 0 Å². The Morgan fingerprint density at radius 2 is 1.90 bits per heavy atom. The van der Waals surface area contributed by atoms with Crippen LogP contribution >= 0.6 is 0 Å². The van der Waals surface area contributed by atoms with Crippen molar-refractivity contribution in [1.82, 2.24) is 0 Å². The van der Waals surface area contributed by atoms with Crippen LogP contribution in [0.15, 0.2) is 24.3 Å². The van der Waals surface area contributed by atoms with Gasteiger partial charge in [-0.15, -0.1) is 0 Å². The first kappa shape index (κ1) is 11.3. The van der Waals surface area contributed by atoms with Gasteiger partial charge in [-0.3, -0.25) is 0 Å². The topological polar surface area (TPSA) is 47.6 Å². The highest BCUT2D eigenvalue weighted by molar-refractivity contribution is 5.11. The second-order valence-corrected chi connectivity index (χ2v) is 1.52. The highest BCUT2D eigenvalue weighted by Crippen LogP contribution is 1.74. The number of allylic oxidation sites excluding steroid dienone is 3. The molecule has 0 radical (unpaired) electrons. The fourth-order valence-electron chi connectivity index (χ4n) is 0.0745. The molecule has 0 aliphatic heterocycles. The van der Waals surface area contributed by atoms with Gasteiger partial charge < -0.3 is 0 Å². The van der Waals surface area contributed by atoms with E-state index in [0.717, 1.165) is 0 Å². The molecule has 0 aromatic rings. The molecule has 0 aliphatic carbocycles. The van der Waals surface area contributed by atoms with Crippen LogP contribution in [-0.2, 0) is 0 Å². The van der Waals surface area contributed by atoms with Crippen LogP contribution in [0.25, 0.3) is 0 Å². The summed E-state index contributed by atoms with van der Waals surface area (Å²) < 4.78 is 0. The molecule has 0 fully saturated rings. The lowest BCUT2D eigenvalue weighted by Crippen LogP contribution is -1.51. The van der Waals surface area contributed by atoms with Gasteiger partial charge in [-0.1, -0.05) is 12.7 Å². The van der Waals surface area contributed by atoms with Crippen LogP contribution in [0.5, 0.6) is 0 Å². The number of rotatable bonds is 0. The quantitative estimate of drug-likeness (QED) is 0.476. The standard InChI is InChI=1S/2C4H5N/c1-4(2)3-5;1-2-3-4-5/h1H2,2H3;2-3H,1H3. The lowest BCUT2D eigenvalue weighted by molar-refractivity contribution is 1.46. The Bertz CT molecular complexity index is 188. The minimum Gasteiger partial charge on any atom is -0.193 e. The molecule has 0 bridgehead atoms. The molecule has 52 valence electrons. The summed E-state index contributed by atoms with van der Waals surface area (Å²) in [5.41, 5.74) is 0.560. The highest BCUT2D eigenvalue weighted by Gasteiger charge is 1.64. The second kappa shape index (κ2) is 10.4. The fourth-order valence-corrected chi connectivity index (χ4v) is 0.0745. The third-order valence-electron chi connectivity index (χ3n) is 0.432. The van der Waals surface area contributed by atoms with Crippen molar-refractivity contribution in [1.29, 1.82) is 10.5 Å². The van der Waals surface area contributed by atoms with Crippen molar-refractivity contribution in [3.05, 3.63) is 24.3 Å². The van der Waals surface area contributed by atoms with E-state index in [9.17, 15) is 0 Å². The second-order valence-electron chi connectivity index (χ2n) is 1.52. The molecule has 0 aliphatic rings. The lowest BCUT2D eigenvalue weighted by atomic mass is 10.4. The van der Waals surface area contributed by atoms with Crippen molar-refractivity contribution in [2.45, 2.75) is 13.8 Å². The molecule has 0 N–H and O–H groups in total. The Hall–Kier alpha value is -1.54. The van der Waals surface area contributed by atoms with Crippen molar-refractivity contribution in [2.24, 2.45) is 0 Å². The monoisotopic (exact) mass is 134 g/mol. The zero-order valence-electron chi connectivity index (χ0n) is 6.26. The minimum absolute atomic E-state index is 0.560. The van der Waals surface area contributed by atoms with Crippen LogP contribution in [0.2, 0.25) is 0 Å². The first-order chi connectivity index (χ1) is 4.68. The molecular weight excluding hydrogens is 124 g/mol. The van der Waals surface area contributed by atoms with Crippen molar-refractivity contribution in [3.8, 4) is 12.1 Å². The Balaban J connectivity index is 0. The Morgan fingerprint density at radius 3 is 1.90 bits per heavy atom. The maximum absolute atomic E-state index is 7.79. The zero-order valence-corrected chi connectivity index (χ0v) is 6.26. The van der Waals surface area contributed by atoms with Gasteiger partial charge in [0.05, 0.1) is 12.1 Å². The van der Waals surface area contributed by atoms with Crippen molar-refractivity contribution < 1.29 is 0 Å². The summed E-state index contributed by atoms with van der Waals surface area (Å²) >= 11 is 0. The molecule has 10 heavy (non-hydrogen) atoms. The normalized spacial score (nSPS) is 6.80. The number of hydrogen-bond acceptors (Lipinski definition) is 2. The molecule has 0 saturated carbocycles. The van der Waals surface area contributed by atoms with Crippen LogP contribution in [0.4, 0.5) is 0 Å². The van der Waals surface area contributed by atoms with E-state index < -0.39 is 0 Å². The third-order valence-corrected chi connectivity index (χ3v) is 0.432. The molecule has 0 spiro atoms. The summed E-state index contributed by atoms with van der Waals surface area (Å²) in [4.78, 5) is 0. The summed E-state index contributed by atoms with van der Waals surface area (Å²) in [7, 11) is 0. The molecule has 0 aromatic heterocycles. The van der Waals surface area contributed by atoms with Crippen molar-refractivity contribution in [3.63, 3.8) is 0 Å². The summed E-state index contributed by atoms with van der Waals surface area (Å²) in [6.07, 6.45) is 3.12. The van der Waals surface area contributed by atoms with Gasteiger partial charge in [0, 0.05) is 11.6 Å². The van der Waals surface area contributed by atoms with E-state index in [1.165, 1.54) is 6.08 Å². The van der Waals surface area contributed by atoms with E-state index in [1.54, 1.807) is 13.0 Å². The van der Waals surface area contributed by atoms with Crippen LogP contribution in [0.1, 0.15) is 13.8 Å². The summed E-state index contributed by atoms with van der Waals surface area (Å²) in [5, 5.41) is 15.5. The van der Waals surface area contributed by atoms with E-state index >= 15 is 0 Å². The van der Waals surface area contributed by atoms with E-state index in [4.69, 9.17) is 10.5 Å². The Kier molecular flexibility index (Phi) is 11.8. The van der Waals surface area contributed by atoms with Crippen LogP contribution in [0, 0.1) is 22.7 Å². The summed E-state index contributed by atoms with van der Waals surface area (Å²) in [6.45, 7) is 6.79. The average Bonchev–Trinajstić information content (AvgIpc) is 1.91. The molecule has 2 nitrogen and oxygen atoms in total. The van der Waals surface area contributed by atoms with Crippen LogP contribution in [0.3, 0.4) is 0 Å². The van der Waals surface area contributed by atoms with E-state index in [1.807, 2.05) is 19.1 Å². The van der Waals surface area contributed by atoms with Gasteiger partial charge in [-0.2, -0.15) is 10.5 Å². The minimum atomic E-state index is 0.560. The first-order valence-electron chi connectivity index (χ1n) is 2.75. The number of nitriles is 2. The van der Waals surface area contributed by atoms with E-state index in [-0.39, 0.29) is 0 Å². The predicted molar refractivity (Wildman–Crippen MR) is 40.9 cm³/mol. The summed E-state index contributed by atoms with van der Waals surface area (Å²) in [5.74, 6) is 0. The molecule has 2 heteroatoms. The maximum atomic E-state index is 7.79. The van der Waals surface area contributed by atoms with E-state index in [0.29, 0.717) is 5.57 Å². The SMILES string of the molecule is C=C(C)C#N.CC=CC#N. The zero-order chi connectivity index (χ0) is 8.41. The van der Waals surface area contributed by atoms with Crippen LogP contribution in [-0.4, -0.2) is 0 Å². The average molecular weight is 134 g/mol. The number of hydrogen-bond donors (Lipinski definition) is 0. The fraction of sp³-hybridized carbons (Fsp3) is 0.250. The maximum Gasteiger partial charge on any atom is 0.0937 e. The van der Waals surface area contributed by atoms with Crippen LogP contribution < -0.4 is 0 Å². The first-order valence-corrected chi connectivity index (χ1v) is 2.75. The Labute approximate surface area is 61.7 Å². The van der Waals surface area contributed by atoms with Gasteiger partial charge in [0.2, 0.25) is 0 Å². The molecule has 0 rings (SSSR count). The van der Waals surface area contributed by atoms with Gasteiger partial charge in [0.1, 0.15) is 0 Å². The molecule has 0 unspecified atom stereocenters. The molecular formula is C8H10N2. The third kappa shape index (κ3) is 31.8. The van der Waals surface area contributed by atoms with E-state index in [2.05, 4.69) is 6.58 Å². The molecule has 0 amide bonds. The van der Waals surface area contributed by atoms with Gasteiger partial charge in [-0.25, -0.2) is 0 Å². The van der Waals surface area contributed by atoms with Gasteiger partial charge in [0.15, 0.2) is 0 Å². The molecule has 0 aromatic carbocycles. The van der Waals surface area contributed by atoms with Crippen molar-refractivity contribution in [2.75, 3.05) is 0 Å². The largest absolute Gasteiger partial charge is 0.193 e. The highest BCUT2D eigenvalue weighted by atomic mass is 14.2. The van der Waals surface area contributed by atoms with Gasteiger partial charge in [0.25, 0.3) is 0 Å². The molecule has 0 heterocycles. The van der Waals surface area contributed by atoms with Gasteiger partial charge >= 0.3 is 0 Å². The Morgan fingerprint density at radius 1 is 1.50 bits per heavy atom. The predicted octanol–water partition coefficient (Wildman–Crippen LogP) is 2.17. The molecule has 0 atom stereocenters. The molecule has 0 saturated heterocycles. The number of nitrogens with zero attached hydrogens (tertiary/aromatic N) is 2. The lowest BCUT2D eigenvalue weighted by Gasteiger charge is -1.61. The van der Waals surface area contributed by atoms with Gasteiger partial charge in [-0.05, 0) is 13.8 Å². The smallest absolute Gasteiger partial charge is 0.0937 e. The summed E-state index contributed by atoms with van der Waals surface area (Å²) in [6, 6.07) is 3.67.